The number of hydrogen-bond donors (Lipinski definition) is 0. The Morgan fingerprint density at radius 2 is 0.882 bits per heavy atom. The minimum atomic E-state index is -2.44. The SMILES string of the molecule is CC[N](CC)[Sn]([CH](C)C)([CH](C)C)[N](CC)CC. The van der Waals surface area contributed by atoms with E-state index in [1.165, 1.54) is 26.2 Å². The molecule has 0 aliphatic rings. The van der Waals surface area contributed by atoms with Gasteiger partial charge in [0.05, 0.1) is 0 Å². The Hall–Kier alpha value is 0.719. The van der Waals surface area contributed by atoms with Crippen LogP contribution in [0.4, 0.5) is 0 Å². The van der Waals surface area contributed by atoms with Crippen molar-refractivity contribution in [2.45, 2.75) is 63.3 Å². The molecule has 0 amide bonds. The molecule has 0 saturated carbocycles. The van der Waals surface area contributed by atoms with Gasteiger partial charge in [-0.3, -0.25) is 0 Å². The second kappa shape index (κ2) is 8.00. The molecule has 0 rings (SSSR count). The third-order valence-electron chi connectivity index (χ3n) is 4.24. The van der Waals surface area contributed by atoms with Crippen molar-refractivity contribution in [3.63, 3.8) is 0 Å². The van der Waals surface area contributed by atoms with Gasteiger partial charge in [0.2, 0.25) is 0 Å². The van der Waals surface area contributed by atoms with Gasteiger partial charge >= 0.3 is 115 Å². The van der Waals surface area contributed by atoms with Gasteiger partial charge in [-0.2, -0.15) is 0 Å². The third-order valence-corrected chi connectivity index (χ3v) is 23.3. The zero-order chi connectivity index (χ0) is 13.6. The fourth-order valence-corrected chi connectivity index (χ4v) is 22.9. The van der Waals surface area contributed by atoms with E-state index >= 15 is 0 Å². The van der Waals surface area contributed by atoms with Crippen LogP contribution in [0.15, 0.2) is 0 Å². The summed E-state index contributed by atoms with van der Waals surface area (Å²) in [6.45, 7) is 24.1. The molecule has 0 bridgehead atoms. The summed E-state index contributed by atoms with van der Waals surface area (Å²) in [5.74, 6) is 0. The van der Waals surface area contributed by atoms with Crippen LogP contribution >= 0.6 is 0 Å². The first-order valence-corrected chi connectivity index (χ1v) is 13.3. The first kappa shape index (κ1) is 17.7. The van der Waals surface area contributed by atoms with Crippen molar-refractivity contribution in [3.8, 4) is 0 Å². The van der Waals surface area contributed by atoms with Crippen LogP contribution in [0.1, 0.15) is 55.4 Å². The van der Waals surface area contributed by atoms with Crippen molar-refractivity contribution >= 4 is 18.9 Å². The molecule has 104 valence electrons. The molecule has 17 heavy (non-hydrogen) atoms. The summed E-state index contributed by atoms with van der Waals surface area (Å²) in [4.78, 5) is 0. The van der Waals surface area contributed by atoms with E-state index in [0.717, 1.165) is 7.87 Å². The van der Waals surface area contributed by atoms with Gasteiger partial charge < -0.3 is 0 Å². The molecule has 0 aromatic rings. The Kier molecular flexibility index (Phi) is 8.34. The Labute approximate surface area is 114 Å². The molecule has 0 aliphatic carbocycles. The van der Waals surface area contributed by atoms with E-state index in [9.17, 15) is 0 Å². The Morgan fingerprint density at radius 3 is 1.00 bits per heavy atom. The standard InChI is InChI=1S/2C4H10N.2C3H7.Sn/c2*1-3-5-4-2;2*1-3-2;/h2*3-4H2,1-2H3;2*3H,1-2H3;/q2*-1;;;+2. The second-order valence-electron chi connectivity index (χ2n) is 5.44. The van der Waals surface area contributed by atoms with Gasteiger partial charge in [-0.05, 0) is 0 Å². The molecule has 3 heteroatoms. The number of nitrogens with zero attached hydrogens (tertiary/aromatic N) is 2. The van der Waals surface area contributed by atoms with Crippen LogP contribution in [-0.4, -0.2) is 51.3 Å². The van der Waals surface area contributed by atoms with E-state index in [-0.39, 0.29) is 0 Å². The van der Waals surface area contributed by atoms with Crippen molar-refractivity contribution < 1.29 is 0 Å². The van der Waals surface area contributed by atoms with Crippen LogP contribution < -0.4 is 0 Å². The van der Waals surface area contributed by atoms with Crippen molar-refractivity contribution in [3.05, 3.63) is 0 Å². The average molecular weight is 349 g/mol. The molecule has 0 saturated heterocycles. The quantitative estimate of drug-likeness (QED) is 0.613. The van der Waals surface area contributed by atoms with Crippen molar-refractivity contribution in [2.24, 2.45) is 0 Å². The summed E-state index contributed by atoms with van der Waals surface area (Å²) in [7, 11) is 0. The third kappa shape index (κ3) is 3.38. The molecule has 0 spiro atoms. The molecular formula is C14H34N2Sn. The van der Waals surface area contributed by atoms with Crippen LogP contribution in [0, 0.1) is 0 Å². The molecule has 0 aliphatic heterocycles. The van der Waals surface area contributed by atoms with E-state index in [2.05, 4.69) is 61.6 Å². The van der Waals surface area contributed by atoms with Crippen molar-refractivity contribution in [1.82, 2.24) is 6.24 Å². The second-order valence-corrected chi connectivity index (χ2v) is 20.1. The zero-order valence-corrected chi connectivity index (χ0v) is 16.2. The van der Waals surface area contributed by atoms with E-state index < -0.39 is 18.9 Å². The van der Waals surface area contributed by atoms with Crippen LogP contribution in [0.25, 0.3) is 0 Å². The van der Waals surface area contributed by atoms with Crippen LogP contribution in [-0.2, 0) is 0 Å². The Balaban J connectivity index is 5.56. The average Bonchev–Trinajstić information content (AvgIpc) is 2.28. The van der Waals surface area contributed by atoms with Gasteiger partial charge in [0.15, 0.2) is 0 Å². The van der Waals surface area contributed by atoms with Gasteiger partial charge in [0.25, 0.3) is 0 Å². The molecule has 0 N–H and O–H groups in total. The van der Waals surface area contributed by atoms with Gasteiger partial charge in [-0.15, -0.1) is 0 Å². The fourth-order valence-electron chi connectivity index (χ4n) is 3.79. The summed E-state index contributed by atoms with van der Waals surface area (Å²) in [5, 5.41) is 0. The number of rotatable bonds is 8. The van der Waals surface area contributed by atoms with E-state index in [1.54, 1.807) is 0 Å². The maximum atomic E-state index is 2.86. The Bertz CT molecular complexity index is 174. The summed E-state index contributed by atoms with van der Waals surface area (Å²) < 4.78 is 7.42. The molecule has 0 aromatic heterocycles. The summed E-state index contributed by atoms with van der Waals surface area (Å²) in [6, 6.07) is 0. The van der Waals surface area contributed by atoms with Crippen LogP contribution in [0.2, 0.25) is 7.87 Å². The van der Waals surface area contributed by atoms with Gasteiger partial charge in [-0.1, -0.05) is 0 Å². The molecule has 0 fully saturated rings. The molecule has 0 atom stereocenters. The van der Waals surface area contributed by atoms with Crippen molar-refractivity contribution in [2.75, 3.05) is 26.2 Å². The normalized spacial score (nSPS) is 13.4. The molecule has 0 radical (unpaired) electrons. The van der Waals surface area contributed by atoms with Gasteiger partial charge in [0, 0.05) is 0 Å². The van der Waals surface area contributed by atoms with Gasteiger partial charge in [-0.25, -0.2) is 0 Å². The predicted octanol–water partition coefficient (Wildman–Crippen LogP) is 3.93. The van der Waals surface area contributed by atoms with Crippen LogP contribution in [0.5, 0.6) is 0 Å². The first-order chi connectivity index (χ1) is 7.93. The van der Waals surface area contributed by atoms with E-state index in [4.69, 9.17) is 0 Å². The molecule has 0 aromatic carbocycles. The predicted molar refractivity (Wildman–Crippen MR) is 81.8 cm³/mol. The first-order valence-electron chi connectivity index (χ1n) is 7.43. The molecule has 0 heterocycles. The monoisotopic (exact) mass is 350 g/mol. The van der Waals surface area contributed by atoms with Gasteiger partial charge in [0.1, 0.15) is 0 Å². The van der Waals surface area contributed by atoms with E-state index in [0.29, 0.717) is 0 Å². The van der Waals surface area contributed by atoms with Crippen molar-refractivity contribution in [1.29, 1.82) is 0 Å². The Morgan fingerprint density at radius 1 is 0.647 bits per heavy atom. The maximum absolute atomic E-state index is 2.86. The fraction of sp³-hybridized carbons (Fsp3) is 1.00. The topological polar surface area (TPSA) is 6.48 Å². The summed E-state index contributed by atoms with van der Waals surface area (Å²) >= 11 is -2.44. The summed E-state index contributed by atoms with van der Waals surface area (Å²) in [6.07, 6.45) is 0. The van der Waals surface area contributed by atoms with Crippen LogP contribution in [0.3, 0.4) is 0 Å². The molecular weight excluding hydrogens is 315 g/mol. The minimum absolute atomic E-state index is 0.851. The molecule has 0 unspecified atom stereocenters. The van der Waals surface area contributed by atoms with E-state index in [1.807, 2.05) is 0 Å². The zero-order valence-electron chi connectivity index (χ0n) is 13.4. The molecule has 2 nitrogen and oxygen atoms in total. The summed E-state index contributed by atoms with van der Waals surface area (Å²) in [5.41, 5.74) is 0. The number of hydrogen-bond acceptors (Lipinski definition) is 2.